The molecule has 0 saturated heterocycles. The van der Waals surface area contributed by atoms with Crippen LogP contribution < -0.4 is 10.9 Å². The first kappa shape index (κ1) is 10.2. The van der Waals surface area contributed by atoms with Crippen molar-refractivity contribution in [2.24, 2.45) is 0 Å². The van der Waals surface area contributed by atoms with Gasteiger partial charge in [-0.25, -0.2) is 4.68 Å². The molecule has 0 aliphatic heterocycles. The van der Waals surface area contributed by atoms with Crippen LogP contribution in [0.2, 0.25) is 0 Å². The number of nitrogens with zero attached hydrogens (tertiary/aromatic N) is 2. The van der Waals surface area contributed by atoms with Crippen molar-refractivity contribution >= 4 is 5.69 Å². The first-order chi connectivity index (χ1) is 7.29. The van der Waals surface area contributed by atoms with E-state index >= 15 is 0 Å². The smallest absolute Gasteiger partial charge is 0.268 e. The molecule has 1 aliphatic carbocycles. The van der Waals surface area contributed by atoms with Crippen molar-refractivity contribution in [3.05, 3.63) is 22.6 Å². The van der Waals surface area contributed by atoms with Crippen LogP contribution in [0.25, 0.3) is 0 Å². The zero-order chi connectivity index (χ0) is 10.7. The molecule has 0 amide bonds. The highest BCUT2D eigenvalue weighted by molar-refractivity contribution is 5.41. The molecule has 0 radical (unpaired) electrons. The first-order valence-electron chi connectivity index (χ1n) is 5.24. The van der Waals surface area contributed by atoms with Crippen molar-refractivity contribution in [1.82, 2.24) is 9.78 Å². The van der Waals surface area contributed by atoms with Gasteiger partial charge in [0.1, 0.15) is 0 Å². The molecule has 5 nitrogen and oxygen atoms in total. The fourth-order valence-corrected chi connectivity index (χ4v) is 1.36. The number of aliphatic hydroxyl groups excluding tert-OH is 1. The molecule has 0 bridgehead atoms. The highest BCUT2D eigenvalue weighted by atomic mass is 16.3. The lowest BCUT2D eigenvalue weighted by Gasteiger charge is -2.06. The molecular weight excluding hydrogens is 194 g/mol. The zero-order valence-corrected chi connectivity index (χ0v) is 8.52. The summed E-state index contributed by atoms with van der Waals surface area (Å²) >= 11 is 0. The quantitative estimate of drug-likeness (QED) is 0.727. The number of aliphatic hydroxyl groups is 1. The van der Waals surface area contributed by atoms with Crippen LogP contribution in [0.4, 0.5) is 5.69 Å². The van der Waals surface area contributed by atoms with E-state index in [2.05, 4.69) is 10.4 Å². The van der Waals surface area contributed by atoms with Gasteiger partial charge in [0, 0.05) is 25.3 Å². The minimum absolute atomic E-state index is 0.0796. The number of hydrogen-bond donors (Lipinski definition) is 2. The molecule has 15 heavy (non-hydrogen) atoms. The summed E-state index contributed by atoms with van der Waals surface area (Å²) in [6, 6.07) is 2.09. The van der Waals surface area contributed by atoms with Crippen LogP contribution in [-0.2, 0) is 6.54 Å². The van der Waals surface area contributed by atoms with Crippen LogP contribution in [0.1, 0.15) is 19.3 Å². The molecule has 1 aliphatic rings. The van der Waals surface area contributed by atoms with E-state index in [0.29, 0.717) is 19.0 Å². The molecule has 1 aromatic rings. The molecule has 0 unspecified atom stereocenters. The molecule has 5 heteroatoms. The van der Waals surface area contributed by atoms with Crippen LogP contribution in [0, 0.1) is 0 Å². The Morgan fingerprint density at radius 3 is 3.00 bits per heavy atom. The highest BCUT2D eigenvalue weighted by Crippen LogP contribution is 2.23. The third kappa shape index (κ3) is 2.79. The summed E-state index contributed by atoms with van der Waals surface area (Å²) in [7, 11) is 0. The average molecular weight is 209 g/mol. The van der Waals surface area contributed by atoms with E-state index in [9.17, 15) is 4.79 Å². The van der Waals surface area contributed by atoms with Gasteiger partial charge >= 0.3 is 0 Å². The topological polar surface area (TPSA) is 67.2 Å². The maximum atomic E-state index is 11.5. The van der Waals surface area contributed by atoms with Gasteiger partial charge < -0.3 is 10.4 Å². The molecule has 1 aromatic heterocycles. The van der Waals surface area contributed by atoms with E-state index in [4.69, 9.17) is 5.11 Å². The van der Waals surface area contributed by atoms with Crippen molar-refractivity contribution < 1.29 is 5.11 Å². The summed E-state index contributed by atoms with van der Waals surface area (Å²) in [5.74, 6) is 0. The van der Waals surface area contributed by atoms with Gasteiger partial charge in [0.15, 0.2) is 0 Å². The minimum Gasteiger partial charge on any atom is -0.396 e. The lowest BCUT2D eigenvalue weighted by atomic mass is 10.4. The molecule has 0 atom stereocenters. The van der Waals surface area contributed by atoms with Gasteiger partial charge in [-0.1, -0.05) is 0 Å². The lowest BCUT2D eigenvalue weighted by Crippen LogP contribution is -2.23. The number of rotatable bonds is 5. The van der Waals surface area contributed by atoms with Gasteiger partial charge in [-0.05, 0) is 19.3 Å². The Hall–Kier alpha value is -1.36. The summed E-state index contributed by atoms with van der Waals surface area (Å²) in [6.07, 6.45) is 4.57. The number of anilines is 1. The maximum Gasteiger partial charge on any atom is 0.268 e. The number of aryl methyl sites for hydroxylation is 1. The molecule has 2 N–H and O–H groups in total. The Morgan fingerprint density at radius 2 is 2.40 bits per heavy atom. The fourth-order valence-electron chi connectivity index (χ4n) is 1.36. The summed E-state index contributed by atoms with van der Waals surface area (Å²) in [4.78, 5) is 11.5. The first-order valence-corrected chi connectivity index (χ1v) is 5.24. The minimum atomic E-state index is -0.117. The second-order valence-electron chi connectivity index (χ2n) is 3.80. The molecule has 1 heterocycles. The van der Waals surface area contributed by atoms with Crippen LogP contribution >= 0.6 is 0 Å². The van der Waals surface area contributed by atoms with Crippen molar-refractivity contribution in [2.75, 3.05) is 11.9 Å². The van der Waals surface area contributed by atoms with E-state index in [0.717, 1.165) is 5.69 Å². The Labute approximate surface area is 87.7 Å². The van der Waals surface area contributed by atoms with E-state index in [1.165, 1.54) is 17.5 Å². The third-order valence-electron chi connectivity index (χ3n) is 2.35. The zero-order valence-electron chi connectivity index (χ0n) is 8.52. The summed E-state index contributed by atoms with van der Waals surface area (Å²) in [6.45, 7) is 0.551. The van der Waals surface area contributed by atoms with Crippen molar-refractivity contribution in [2.45, 2.75) is 31.8 Å². The Balaban J connectivity index is 2.04. The van der Waals surface area contributed by atoms with Crippen LogP contribution in [0.15, 0.2) is 17.1 Å². The van der Waals surface area contributed by atoms with Gasteiger partial charge in [-0.3, -0.25) is 4.79 Å². The predicted molar refractivity (Wildman–Crippen MR) is 56.8 cm³/mol. The average Bonchev–Trinajstić information content (AvgIpc) is 3.01. The normalized spacial score (nSPS) is 15.3. The van der Waals surface area contributed by atoms with Gasteiger partial charge in [-0.15, -0.1) is 0 Å². The second kappa shape index (κ2) is 4.44. The summed E-state index contributed by atoms with van der Waals surface area (Å²) in [5, 5.41) is 15.9. The van der Waals surface area contributed by atoms with Crippen molar-refractivity contribution in [3.63, 3.8) is 0 Å². The Bertz CT molecular complexity index is 384. The van der Waals surface area contributed by atoms with Crippen LogP contribution in [0.5, 0.6) is 0 Å². The molecule has 0 spiro atoms. The Morgan fingerprint density at radius 1 is 1.60 bits per heavy atom. The maximum absolute atomic E-state index is 11.5. The number of hydrogen-bond acceptors (Lipinski definition) is 4. The second-order valence-corrected chi connectivity index (χ2v) is 3.80. The lowest BCUT2D eigenvalue weighted by molar-refractivity contribution is 0.275. The van der Waals surface area contributed by atoms with E-state index in [1.807, 2.05) is 0 Å². The molecule has 2 rings (SSSR count). The molecular formula is C10H15N3O2. The Kier molecular flexibility index (Phi) is 3.01. The van der Waals surface area contributed by atoms with Gasteiger partial charge in [0.25, 0.3) is 5.56 Å². The third-order valence-corrected chi connectivity index (χ3v) is 2.35. The monoisotopic (exact) mass is 209 g/mol. The number of nitrogens with one attached hydrogen (secondary N) is 1. The van der Waals surface area contributed by atoms with Crippen molar-refractivity contribution in [3.8, 4) is 0 Å². The van der Waals surface area contributed by atoms with Gasteiger partial charge in [0.05, 0.1) is 11.9 Å². The van der Waals surface area contributed by atoms with E-state index < -0.39 is 0 Å². The van der Waals surface area contributed by atoms with Gasteiger partial charge in [-0.2, -0.15) is 5.10 Å². The molecule has 1 fully saturated rings. The highest BCUT2D eigenvalue weighted by Gasteiger charge is 2.20. The summed E-state index contributed by atoms with van der Waals surface area (Å²) < 4.78 is 1.37. The van der Waals surface area contributed by atoms with Crippen molar-refractivity contribution in [1.29, 1.82) is 0 Å². The molecule has 1 saturated carbocycles. The largest absolute Gasteiger partial charge is 0.396 e. The fraction of sp³-hybridized carbons (Fsp3) is 0.600. The summed E-state index contributed by atoms with van der Waals surface area (Å²) in [5.41, 5.74) is 0.678. The van der Waals surface area contributed by atoms with Crippen LogP contribution in [0.3, 0.4) is 0 Å². The standard InChI is InChI=1S/C10H15N3O2/c14-5-1-4-13-10(15)6-9(7-11-13)12-8-2-3-8/h6-8,12,14H,1-5H2. The van der Waals surface area contributed by atoms with Gasteiger partial charge in [0.2, 0.25) is 0 Å². The molecule has 0 aromatic carbocycles. The number of aromatic nitrogens is 2. The van der Waals surface area contributed by atoms with E-state index in [1.54, 1.807) is 12.3 Å². The van der Waals surface area contributed by atoms with E-state index in [-0.39, 0.29) is 12.2 Å². The van der Waals surface area contributed by atoms with Crippen LogP contribution in [-0.4, -0.2) is 27.5 Å². The molecule has 82 valence electrons. The SMILES string of the molecule is O=c1cc(NC2CC2)cnn1CCCO. The predicted octanol–water partition coefficient (Wildman–Crippen LogP) is 0.200.